The SMILES string of the molecule is CCc1ccc(C(=O)NCc2nncn2CC)o1. The van der Waals surface area contributed by atoms with Crippen LogP contribution in [0.2, 0.25) is 0 Å². The van der Waals surface area contributed by atoms with E-state index in [1.165, 1.54) is 0 Å². The lowest BCUT2D eigenvalue weighted by molar-refractivity contribution is 0.0920. The molecule has 0 saturated heterocycles. The molecule has 0 aliphatic heterocycles. The van der Waals surface area contributed by atoms with Gasteiger partial charge in [-0.2, -0.15) is 0 Å². The highest BCUT2D eigenvalue weighted by Gasteiger charge is 2.11. The molecule has 6 nitrogen and oxygen atoms in total. The van der Waals surface area contributed by atoms with Gasteiger partial charge < -0.3 is 14.3 Å². The van der Waals surface area contributed by atoms with Gasteiger partial charge in [0.1, 0.15) is 12.1 Å². The quantitative estimate of drug-likeness (QED) is 0.867. The Morgan fingerprint density at radius 3 is 2.94 bits per heavy atom. The lowest BCUT2D eigenvalue weighted by Gasteiger charge is -2.04. The summed E-state index contributed by atoms with van der Waals surface area (Å²) in [6.45, 7) is 5.09. The minimum absolute atomic E-state index is 0.236. The molecular weight excluding hydrogens is 232 g/mol. The summed E-state index contributed by atoms with van der Waals surface area (Å²) in [6.07, 6.45) is 2.42. The fourth-order valence-corrected chi connectivity index (χ4v) is 1.62. The van der Waals surface area contributed by atoms with Crippen molar-refractivity contribution in [2.45, 2.75) is 33.4 Å². The first-order valence-electron chi connectivity index (χ1n) is 5.98. The van der Waals surface area contributed by atoms with Gasteiger partial charge in [-0.1, -0.05) is 6.92 Å². The van der Waals surface area contributed by atoms with Crippen LogP contribution in [0.3, 0.4) is 0 Å². The molecule has 1 amide bonds. The minimum Gasteiger partial charge on any atom is -0.456 e. The van der Waals surface area contributed by atoms with Crippen LogP contribution < -0.4 is 5.32 Å². The standard InChI is InChI=1S/C12H16N4O2/c1-3-9-5-6-10(18-9)12(17)13-7-11-15-14-8-16(11)4-2/h5-6,8H,3-4,7H2,1-2H3,(H,13,17). The van der Waals surface area contributed by atoms with Gasteiger partial charge in [0, 0.05) is 13.0 Å². The predicted octanol–water partition coefficient (Wildman–Crippen LogP) is 1.38. The molecule has 0 fully saturated rings. The van der Waals surface area contributed by atoms with Crippen molar-refractivity contribution < 1.29 is 9.21 Å². The third kappa shape index (κ3) is 2.58. The zero-order valence-electron chi connectivity index (χ0n) is 10.5. The molecule has 2 rings (SSSR count). The smallest absolute Gasteiger partial charge is 0.287 e. The molecule has 96 valence electrons. The second kappa shape index (κ2) is 5.48. The van der Waals surface area contributed by atoms with E-state index in [4.69, 9.17) is 4.42 Å². The van der Waals surface area contributed by atoms with Crippen molar-refractivity contribution in [2.75, 3.05) is 0 Å². The fraction of sp³-hybridized carbons (Fsp3) is 0.417. The van der Waals surface area contributed by atoms with E-state index in [0.717, 1.165) is 24.6 Å². The van der Waals surface area contributed by atoms with Crippen LogP contribution in [0.5, 0.6) is 0 Å². The average molecular weight is 248 g/mol. The monoisotopic (exact) mass is 248 g/mol. The third-order valence-electron chi connectivity index (χ3n) is 2.68. The van der Waals surface area contributed by atoms with Crippen molar-refractivity contribution in [1.29, 1.82) is 0 Å². The van der Waals surface area contributed by atoms with Crippen molar-refractivity contribution in [3.8, 4) is 0 Å². The van der Waals surface area contributed by atoms with Gasteiger partial charge >= 0.3 is 0 Å². The fourth-order valence-electron chi connectivity index (χ4n) is 1.62. The Morgan fingerprint density at radius 1 is 1.44 bits per heavy atom. The summed E-state index contributed by atoms with van der Waals surface area (Å²) in [7, 11) is 0. The van der Waals surface area contributed by atoms with Crippen LogP contribution in [0.15, 0.2) is 22.9 Å². The highest BCUT2D eigenvalue weighted by molar-refractivity contribution is 5.91. The van der Waals surface area contributed by atoms with Crippen LogP contribution in [0.1, 0.15) is 36.0 Å². The molecule has 1 N–H and O–H groups in total. The number of hydrogen-bond acceptors (Lipinski definition) is 4. The zero-order valence-corrected chi connectivity index (χ0v) is 10.5. The lowest BCUT2D eigenvalue weighted by Crippen LogP contribution is -2.24. The van der Waals surface area contributed by atoms with Crippen LogP contribution in [0, 0.1) is 0 Å². The zero-order chi connectivity index (χ0) is 13.0. The second-order valence-electron chi connectivity index (χ2n) is 3.84. The van der Waals surface area contributed by atoms with Gasteiger partial charge in [-0.3, -0.25) is 4.79 Å². The number of carbonyl (C=O) groups excluding carboxylic acids is 1. The second-order valence-corrected chi connectivity index (χ2v) is 3.84. The first kappa shape index (κ1) is 12.3. The Balaban J connectivity index is 1.96. The molecule has 0 unspecified atom stereocenters. The number of nitrogens with one attached hydrogen (secondary N) is 1. The Hall–Kier alpha value is -2.11. The molecule has 2 aromatic rings. The van der Waals surface area contributed by atoms with E-state index in [-0.39, 0.29) is 5.91 Å². The van der Waals surface area contributed by atoms with E-state index < -0.39 is 0 Å². The van der Waals surface area contributed by atoms with Crippen molar-refractivity contribution in [3.05, 3.63) is 35.8 Å². The summed E-state index contributed by atoms with van der Waals surface area (Å²) in [4.78, 5) is 11.8. The van der Waals surface area contributed by atoms with Crippen molar-refractivity contribution in [1.82, 2.24) is 20.1 Å². The van der Waals surface area contributed by atoms with Gasteiger partial charge in [-0.05, 0) is 19.1 Å². The molecule has 0 saturated carbocycles. The van der Waals surface area contributed by atoms with Crippen molar-refractivity contribution >= 4 is 5.91 Å². The molecular formula is C12H16N4O2. The van der Waals surface area contributed by atoms with E-state index in [0.29, 0.717) is 12.3 Å². The summed E-state index contributed by atoms with van der Waals surface area (Å²) in [5, 5.41) is 10.5. The topological polar surface area (TPSA) is 73.0 Å². The summed E-state index contributed by atoms with van der Waals surface area (Å²) >= 11 is 0. The first-order chi connectivity index (χ1) is 8.74. The Morgan fingerprint density at radius 2 is 2.28 bits per heavy atom. The molecule has 2 heterocycles. The number of amides is 1. The predicted molar refractivity (Wildman–Crippen MR) is 65.0 cm³/mol. The lowest BCUT2D eigenvalue weighted by atomic mass is 10.3. The molecule has 0 spiro atoms. The van der Waals surface area contributed by atoms with Gasteiger partial charge in [0.2, 0.25) is 0 Å². The van der Waals surface area contributed by atoms with Gasteiger partial charge in [0.25, 0.3) is 5.91 Å². The van der Waals surface area contributed by atoms with Crippen molar-refractivity contribution in [2.24, 2.45) is 0 Å². The highest BCUT2D eigenvalue weighted by Crippen LogP contribution is 2.08. The number of aryl methyl sites for hydroxylation is 2. The maximum atomic E-state index is 11.8. The number of furan rings is 1. The maximum Gasteiger partial charge on any atom is 0.287 e. The third-order valence-corrected chi connectivity index (χ3v) is 2.68. The molecule has 0 aromatic carbocycles. The maximum absolute atomic E-state index is 11.8. The summed E-state index contributed by atoms with van der Waals surface area (Å²) in [5.41, 5.74) is 0. The van der Waals surface area contributed by atoms with Crippen LogP contribution in [0.25, 0.3) is 0 Å². The largest absolute Gasteiger partial charge is 0.456 e. The Labute approximate surface area is 105 Å². The molecule has 0 bridgehead atoms. The van der Waals surface area contributed by atoms with E-state index in [1.807, 2.05) is 24.5 Å². The number of aromatic nitrogens is 3. The Kier molecular flexibility index (Phi) is 3.76. The first-order valence-corrected chi connectivity index (χ1v) is 5.98. The minimum atomic E-state index is -0.236. The normalized spacial score (nSPS) is 10.6. The molecule has 0 aliphatic rings. The molecule has 0 aliphatic carbocycles. The molecule has 0 atom stereocenters. The van der Waals surface area contributed by atoms with E-state index >= 15 is 0 Å². The number of rotatable bonds is 5. The van der Waals surface area contributed by atoms with Crippen LogP contribution in [0.4, 0.5) is 0 Å². The van der Waals surface area contributed by atoms with E-state index in [2.05, 4.69) is 15.5 Å². The molecule has 6 heteroatoms. The summed E-state index contributed by atoms with van der Waals surface area (Å²) in [5.74, 6) is 1.62. The number of carbonyl (C=O) groups is 1. The summed E-state index contributed by atoms with van der Waals surface area (Å²) < 4.78 is 7.24. The van der Waals surface area contributed by atoms with Crippen LogP contribution in [-0.4, -0.2) is 20.7 Å². The van der Waals surface area contributed by atoms with Gasteiger partial charge in [0.05, 0.1) is 6.54 Å². The van der Waals surface area contributed by atoms with Crippen molar-refractivity contribution in [3.63, 3.8) is 0 Å². The Bertz CT molecular complexity index is 530. The van der Waals surface area contributed by atoms with Crippen LogP contribution >= 0.6 is 0 Å². The molecule has 18 heavy (non-hydrogen) atoms. The van der Waals surface area contributed by atoms with Gasteiger partial charge in [-0.25, -0.2) is 0 Å². The number of nitrogens with zero attached hydrogens (tertiary/aromatic N) is 3. The molecule has 0 radical (unpaired) electrons. The number of hydrogen-bond donors (Lipinski definition) is 1. The molecule has 2 aromatic heterocycles. The summed E-state index contributed by atoms with van der Waals surface area (Å²) in [6, 6.07) is 3.49. The van der Waals surface area contributed by atoms with Gasteiger partial charge in [-0.15, -0.1) is 10.2 Å². The van der Waals surface area contributed by atoms with Gasteiger partial charge in [0.15, 0.2) is 11.6 Å². The van der Waals surface area contributed by atoms with E-state index in [9.17, 15) is 4.79 Å². The highest BCUT2D eigenvalue weighted by atomic mass is 16.3. The van der Waals surface area contributed by atoms with E-state index in [1.54, 1.807) is 12.4 Å². The average Bonchev–Trinajstić information content (AvgIpc) is 3.04. The van der Waals surface area contributed by atoms with Crippen LogP contribution in [-0.2, 0) is 19.5 Å².